The van der Waals surface area contributed by atoms with E-state index in [2.05, 4.69) is 35.0 Å². The fraction of sp³-hybridized carbons (Fsp3) is 0.231. The zero-order valence-corrected chi connectivity index (χ0v) is 11.3. The monoisotopic (exact) mass is 298 g/mol. The van der Waals surface area contributed by atoms with Crippen molar-refractivity contribution in [3.8, 4) is 0 Å². The molecule has 1 unspecified atom stereocenters. The van der Waals surface area contributed by atoms with Gasteiger partial charge in [0.05, 0.1) is 4.83 Å². The molecular weight excluding hydrogens is 287 g/mol. The van der Waals surface area contributed by atoms with Gasteiger partial charge in [0, 0.05) is 9.75 Å². The Morgan fingerprint density at radius 3 is 2.75 bits per heavy atom. The van der Waals surface area contributed by atoms with E-state index in [9.17, 15) is 4.39 Å². The second-order valence-corrected chi connectivity index (χ2v) is 6.17. The standard InChI is InChI=1S/C13H12BrFS/c1-9-5-6-13(16-9)12(14)8-10-3-2-4-11(15)7-10/h2-7,12H,8H2,1H3. The molecule has 0 fully saturated rings. The van der Waals surface area contributed by atoms with E-state index in [1.165, 1.54) is 15.8 Å². The van der Waals surface area contributed by atoms with Crippen LogP contribution < -0.4 is 0 Å². The summed E-state index contributed by atoms with van der Waals surface area (Å²) < 4.78 is 13.0. The third kappa shape index (κ3) is 2.92. The zero-order valence-electron chi connectivity index (χ0n) is 8.91. The van der Waals surface area contributed by atoms with Crippen LogP contribution in [0, 0.1) is 12.7 Å². The predicted molar refractivity (Wildman–Crippen MR) is 70.8 cm³/mol. The highest BCUT2D eigenvalue weighted by Gasteiger charge is 2.10. The quantitative estimate of drug-likeness (QED) is 0.709. The van der Waals surface area contributed by atoms with Crippen molar-refractivity contribution in [3.63, 3.8) is 0 Å². The van der Waals surface area contributed by atoms with E-state index in [0.29, 0.717) is 0 Å². The van der Waals surface area contributed by atoms with Gasteiger partial charge in [0.1, 0.15) is 5.82 Å². The molecule has 2 rings (SSSR count). The average molecular weight is 299 g/mol. The Morgan fingerprint density at radius 2 is 2.12 bits per heavy atom. The number of thiophene rings is 1. The maximum Gasteiger partial charge on any atom is 0.123 e. The molecule has 1 aromatic heterocycles. The summed E-state index contributed by atoms with van der Waals surface area (Å²) >= 11 is 5.43. The molecule has 0 saturated heterocycles. The van der Waals surface area contributed by atoms with Gasteiger partial charge in [-0.3, -0.25) is 0 Å². The fourth-order valence-corrected chi connectivity index (χ4v) is 3.26. The first kappa shape index (κ1) is 11.8. The number of rotatable bonds is 3. The van der Waals surface area contributed by atoms with Crippen molar-refractivity contribution in [2.75, 3.05) is 0 Å². The molecule has 3 heteroatoms. The van der Waals surface area contributed by atoms with Crippen molar-refractivity contribution in [3.05, 3.63) is 57.5 Å². The lowest BCUT2D eigenvalue weighted by molar-refractivity contribution is 0.625. The molecule has 0 amide bonds. The van der Waals surface area contributed by atoms with E-state index in [-0.39, 0.29) is 10.6 Å². The smallest absolute Gasteiger partial charge is 0.123 e. The van der Waals surface area contributed by atoms with E-state index < -0.39 is 0 Å². The molecule has 0 aliphatic heterocycles. The van der Waals surface area contributed by atoms with Crippen LogP contribution >= 0.6 is 27.3 Å². The Labute approximate surface area is 107 Å². The summed E-state index contributed by atoms with van der Waals surface area (Å²) in [7, 11) is 0. The highest BCUT2D eigenvalue weighted by molar-refractivity contribution is 9.09. The predicted octanol–water partition coefficient (Wildman–Crippen LogP) is 4.87. The van der Waals surface area contributed by atoms with Crippen molar-refractivity contribution < 1.29 is 4.39 Å². The van der Waals surface area contributed by atoms with Crippen LogP contribution in [0.3, 0.4) is 0 Å². The summed E-state index contributed by atoms with van der Waals surface area (Å²) in [6.45, 7) is 2.09. The summed E-state index contributed by atoms with van der Waals surface area (Å²) in [6, 6.07) is 11.0. The van der Waals surface area contributed by atoms with Crippen molar-refractivity contribution in [2.45, 2.75) is 18.2 Å². The molecule has 84 valence electrons. The number of alkyl halides is 1. The first-order chi connectivity index (χ1) is 7.65. The average Bonchev–Trinajstić information content (AvgIpc) is 2.65. The highest BCUT2D eigenvalue weighted by Crippen LogP contribution is 2.32. The molecule has 1 atom stereocenters. The molecule has 1 aromatic carbocycles. The highest BCUT2D eigenvalue weighted by atomic mass is 79.9. The summed E-state index contributed by atoms with van der Waals surface area (Å²) in [5.41, 5.74) is 1.02. The van der Waals surface area contributed by atoms with E-state index in [1.807, 2.05) is 6.07 Å². The van der Waals surface area contributed by atoms with Crippen LogP contribution in [0.15, 0.2) is 36.4 Å². The van der Waals surface area contributed by atoms with E-state index >= 15 is 0 Å². The van der Waals surface area contributed by atoms with Gasteiger partial charge in [0.15, 0.2) is 0 Å². The Morgan fingerprint density at radius 1 is 1.31 bits per heavy atom. The summed E-state index contributed by atoms with van der Waals surface area (Å²) in [4.78, 5) is 2.87. The normalized spacial score (nSPS) is 12.7. The lowest BCUT2D eigenvalue weighted by Crippen LogP contribution is -1.93. The molecule has 0 nitrogen and oxygen atoms in total. The Balaban J connectivity index is 2.10. The first-order valence-corrected chi connectivity index (χ1v) is 6.83. The topological polar surface area (TPSA) is 0 Å². The lowest BCUT2D eigenvalue weighted by atomic mass is 10.1. The van der Waals surface area contributed by atoms with Gasteiger partial charge in [-0.05, 0) is 43.2 Å². The molecule has 2 aromatic rings. The van der Waals surface area contributed by atoms with Gasteiger partial charge in [-0.25, -0.2) is 4.39 Å². The van der Waals surface area contributed by atoms with Crippen LogP contribution in [-0.2, 0) is 6.42 Å². The Hall–Kier alpha value is -0.670. The van der Waals surface area contributed by atoms with Crippen molar-refractivity contribution in [2.24, 2.45) is 0 Å². The number of benzene rings is 1. The number of aryl methyl sites for hydroxylation is 1. The lowest BCUT2D eigenvalue weighted by Gasteiger charge is -2.07. The van der Waals surface area contributed by atoms with E-state index in [4.69, 9.17) is 0 Å². The van der Waals surface area contributed by atoms with Gasteiger partial charge < -0.3 is 0 Å². The first-order valence-electron chi connectivity index (χ1n) is 5.10. The number of hydrogen-bond acceptors (Lipinski definition) is 1. The molecule has 0 radical (unpaired) electrons. The molecule has 0 N–H and O–H groups in total. The van der Waals surface area contributed by atoms with Crippen LogP contribution in [-0.4, -0.2) is 0 Å². The zero-order chi connectivity index (χ0) is 11.5. The summed E-state index contributed by atoms with van der Waals surface area (Å²) in [5.74, 6) is -0.167. The van der Waals surface area contributed by atoms with Gasteiger partial charge in [-0.15, -0.1) is 11.3 Å². The molecule has 0 aliphatic carbocycles. The Bertz CT molecular complexity index is 478. The van der Waals surface area contributed by atoms with Gasteiger partial charge >= 0.3 is 0 Å². The second-order valence-electron chi connectivity index (χ2n) is 3.75. The largest absolute Gasteiger partial charge is 0.207 e. The minimum atomic E-state index is -0.167. The maximum absolute atomic E-state index is 13.0. The summed E-state index contributed by atoms with van der Waals surface area (Å²) in [6.07, 6.45) is 0.817. The molecule has 0 saturated carbocycles. The van der Waals surface area contributed by atoms with Gasteiger partial charge in [0.25, 0.3) is 0 Å². The second kappa shape index (κ2) is 5.11. The maximum atomic E-state index is 13.0. The van der Waals surface area contributed by atoms with Crippen molar-refractivity contribution in [1.82, 2.24) is 0 Å². The number of hydrogen-bond donors (Lipinski definition) is 0. The summed E-state index contributed by atoms with van der Waals surface area (Å²) in [5, 5.41) is 0. The minimum absolute atomic E-state index is 0.167. The van der Waals surface area contributed by atoms with Crippen LogP contribution in [0.25, 0.3) is 0 Å². The molecular formula is C13H12BrFS. The number of halogens is 2. The Kier molecular flexibility index (Phi) is 3.77. The fourth-order valence-electron chi connectivity index (χ4n) is 1.59. The van der Waals surface area contributed by atoms with Gasteiger partial charge in [-0.1, -0.05) is 28.1 Å². The molecule has 16 heavy (non-hydrogen) atoms. The van der Waals surface area contributed by atoms with Crippen LogP contribution in [0.5, 0.6) is 0 Å². The van der Waals surface area contributed by atoms with E-state index in [0.717, 1.165) is 12.0 Å². The van der Waals surface area contributed by atoms with Crippen molar-refractivity contribution in [1.29, 1.82) is 0 Å². The molecule has 0 spiro atoms. The van der Waals surface area contributed by atoms with Crippen LogP contribution in [0.1, 0.15) is 20.1 Å². The van der Waals surface area contributed by atoms with E-state index in [1.54, 1.807) is 23.5 Å². The minimum Gasteiger partial charge on any atom is -0.207 e. The SMILES string of the molecule is Cc1ccc(C(Br)Cc2cccc(F)c2)s1. The third-order valence-electron chi connectivity index (χ3n) is 2.37. The van der Waals surface area contributed by atoms with Crippen LogP contribution in [0.4, 0.5) is 4.39 Å². The van der Waals surface area contributed by atoms with Crippen LogP contribution in [0.2, 0.25) is 0 Å². The molecule has 1 heterocycles. The van der Waals surface area contributed by atoms with Gasteiger partial charge in [0.2, 0.25) is 0 Å². The van der Waals surface area contributed by atoms with Gasteiger partial charge in [-0.2, -0.15) is 0 Å². The molecule has 0 bridgehead atoms. The molecule has 0 aliphatic rings. The third-order valence-corrected chi connectivity index (χ3v) is 4.61. The van der Waals surface area contributed by atoms with Crippen molar-refractivity contribution >= 4 is 27.3 Å².